The van der Waals surface area contributed by atoms with Gasteiger partial charge in [0.2, 0.25) is 0 Å². The van der Waals surface area contributed by atoms with Gasteiger partial charge in [0, 0.05) is 6.42 Å². The summed E-state index contributed by atoms with van der Waals surface area (Å²) in [7, 11) is 1.42. The van der Waals surface area contributed by atoms with E-state index in [0.717, 1.165) is 24.7 Å². The van der Waals surface area contributed by atoms with Crippen LogP contribution < -0.4 is 0 Å². The van der Waals surface area contributed by atoms with Crippen LogP contribution in [0.5, 0.6) is 0 Å². The second-order valence-corrected chi connectivity index (χ2v) is 12.6. The van der Waals surface area contributed by atoms with E-state index in [4.69, 9.17) is 9.47 Å². The fourth-order valence-electron chi connectivity index (χ4n) is 7.66. The van der Waals surface area contributed by atoms with Crippen molar-refractivity contribution in [3.05, 3.63) is 23.8 Å². The second-order valence-electron chi connectivity index (χ2n) is 12.6. The van der Waals surface area contributed by atoms with Crippen molar-refractivity contribution in [2.24, 2.45) is 46.3 Å². The number of methoxy groups -OCH3 is 1. The Hall–Kier alpha value is -1.75. The lowest BCUT2D eigenvalue weighted by Gasteiger charge is -2.46. The minimum atomic E-state index is -0.620. The molecule has 0 unspecified atom stereocenters. The fourth-order valence-corrected chi connectivity index (χ4v) is 7.66. The summed E-state index contributed by atoms with van der Waals surface area (Å²) in [6.07, 6.45) is 11.9. The molecule has 9 atom stereocenters. The van der Waals surface area contributed by atoms with E-state index < -0.39 is 11.0 Å². The first kappa shape index (κ1) is 26.3. The first-order valence-corrected chi connectivity index (χ1v) is 13.6. The topological polar surface area (TPSA) is 73.0 Å². The van der Waals surface area contributed by atoms with Gasteiger partial charge in [0.15, 0.2) is 5.78 Å². The molecule has 0 aromatic heterocycles. The molecular formula is C30H44O5. The molecule has 1 saturated heterocycles. The average Bonchev–Trinajstić information content (AvgIpc) is 3.42. The number of carbonyl (C=O) groups excluding carboxylic acids is 3. The van der Waals surface area contributed by atoms with Crippen LogP contribution in [0.15, 0.2) is 23.8 Å². The van der Waals surface area contributed by atoms with E-state index in [2.05, 4.69) is 52.8 Å². The summed E-state index contributed by atoms with van der Waals surface area (Å²) in [6.45, 7) is 13.3. The van der Waals surface area contributed by atoms with Gasteiger partial charge >= 0.3 is 5.97 Å². The largest absolute Gasteiger partial charge is 0.469 e. The number of allylic oxidation sites excluding steroid dienone is 3. The Morgan fingerprint density at radius 1 is 1.17 bits per heavy atom. The lowest BCUT2D eigenvalue weighted by Crippen LogP contribution is -2.53. The molecule has 35 heavy (non-hydrogen) atoms. The molecule has 3 fully saturated rings. The van der Waals surface area contributed by atoms with Crippen LogP contribution in [0.4, 0.5) is 0 Å². The molecule has 4 rings (SSSR count). The van der Waals surface area contributed by atoms with Gasteiger partial charge in [-0.25, -0.2) is 0 Å². The Balaban J connectivity index is 1.61. The van der Waals surface area contributed by atoms with Crippen molar-refractivity contribution < 1.29 is 23.9 Å². The number of aldehydes is 1. The molecule has 0 bridgehead atoms. The first-order valence-electron chi connectivity index (χ1n) is 13.6. The number of hydrogen-bond acceptors (Lipinski definition) is 5. The van der Waals surface area contributed by atoms with Gasteiger partial charge in [-0.2, -0.15) is 0 Å². The van der Waals surface area contributed by atoms with Crippen LogP contribution in [-0.4, -0.2) is 36.9 Å². The number of rotatable bonds is 8. The molecule has 1 heterocycles. The normalized spacial score (nSPS) is 42.3. The molecule has 2 saturated carbocycles. The van der Waals surface area contributed by atoms with E-state index >= 15 is 0 Å². The SMILES string of the molecule is COC(=O)[C@H]1CC[C@]2(C)C(=O)C([C@@H]3CC[C@H]([C@H](C)/C=C/[C@H](C)C(C)C)[C@@]3(C)CC=O)=C[C@@H]3O[C@@]32C1. The molecule has 5 heteroatoms. The molecule has 4 aliphatic rings. The van der Waals surface area contributed by atoms with Gasteiger partial charge in [0.1, 0.15) is 18.0 Å². The van der Waals surface area contributed by atoms with Crippen LogP contribution in [0.2, 0.25) is 0 Å². The first-order chi connectivity index (χ1) is 16.4. The third kappa shape index (κ3) is 4.06. The van der Waals surface area contributed by atoms with Crippen molar-refractivity contribution in [3.63, 3.8) is 0 Å². The highest BCUT2D eigenvalue weighted by Crippen LogP contribution is 2.66. The maximum absolute atomic E-state index is 14.1. The molecule has 5 nitrogen and oxygen atoms in total. The minimum Gasteiger partial charge on any atom is -0.469 e. The predicted octanol–water partition coefficient (Wildman–Crippen LogP) is 5.72. The van der Waals surface area contributed by atoms with Gasteiger partial charge in [-0.3, -0.25) is 9.59 Å². The Labute approximate surface area is 211 Å². The molecule has 0 N–H and O–H groups in total. The molecule has 0 amide bonds. The van der Waals surface area contributed by atoms with Gasteiger partial charge in [-0.15, -0.1) is 0 Å². The Bertz CT molecular complexity index is 933. The third-order valence-electron chi connectivity index (χ3n) is 10.6. The van der Waals surface area contributed by atoms with Crippen LogP contribution in [0.1, 0.15) is 80.1 Å². The predicted molar refractivity (Wildman–Crippen MR) is 135 cm³/mol. The van der Waals surface area contributed by atoms with Crippen LogP contribution in [0, 0.1) is 46.3 Å². The third-order valence-corrected chi connectivity index (χ3v) is 10.6. The van der Waals surface area contributed by atoms with Gasteiger partial charge in [0.25, 0.3) is 0 Å². The maximum Gasteiger partial charge on any atom is 0.308 e. The van der Waals surface area contributed by atoms with Crippen molar-refractivity contribution in [3.8, 4) is 0 Å². The number of ether oxygens (including phenoxy) is 2. The number of ketones is 1. The van der Waals surface area contributed by atoms with Gasteiger partial charge < -0.3 is 14.3 Å². The Morgan fingerprint density at radius 2 is 1.89 bits per heavy atom. The van der Waals surface area contributed by atoms with E-state index in [9.17, 15) is 14.4 Å². The highest BCUT2D eigenvalue weighted by atomic mass is 16.6. The fraction of sp³-hybridized carbons (Fsp3) is 0.767. The van der Waals surface area contributed by atoms with Crippen molar-refractivity contribution in [2.45, 2.75) is 91.8 Å². The summed E-state index contributed by atoms with van der Waals surface area (Å²) >= 11 is 0. The minimum absolute atomic E-state index is 0.0564. The summed E-state index contributed by atoms with van der Waals surface area (Å²) < 4.78 is 11.3. The van der Waals surface area contributed by atoms with E-state index in [1.807, 2.05) is 6.92 Å². The number of epoxide rings is 1. The lowest BCUT2D eigenvalue weighted by molar-refractivity contribution is -0.151. The highest BCUT2D eigenvalue weighted by Gasteiger charge is 2.74. The molecule has 0 radical (unpaired) electrons. The Kier molecular flexibility index (Phi) is 6.98. The lowest BCUT2D eigenvalue weighted by atomic mass is 9.54. The molecular weight excluding hydrogens is 440 g/mol. The van der Waals surface area contributed by atoms with Crippen LogP contribution >= 0.6 is 0 Å². The molecule has 194 valence electrons. The number of carbonyl (C=O) groups is 3. The van der Waals surface area contributed by atoms with Gasteiger partial charge in [0.05, 0.1) is 18.4 Å². The average molecular weight is 485 g/mol. The van der Waals surface area contributed by atoms with Crippen molar-refractivity contribution in [1.82, 2.24) is 0 Å². The van der Waals surface area contributed by atoms with Gasteiger partial charge in [-0.05, 0) is 85.7 Å². The molecule has 0 aromatic carbocycles. The maximum atomic E-state index is 14.1. The molecule has 0 aromatic rings. The smallest absolute Gasteiger partial charge is 0.308 e. The van der Waals surface area contributed by atoms with Crippen molar-refractivity contribution in [2.75, 3.05) is 7.11 Å². The second kappa shape index (κ2) is 9.28. The van der Waals surface area contributed by atoms with E-state index in [1.165, 1.54) is 7.11 Å². The van der Waals surface area contributed by atoms with Crippen LogP contribution in [-0.2, 0) is 23.9 Å². The van der Waals surface area contributed by atoms with Gasteiger partial charge in [-0.1, -0.05) is 46.8 Å². The van der Waals surface area contributed by atoms with E-state index in [0.29, 0.717) is 49.4 Å². The van der Waals surface area contributed by atoms with E-state index in [-0.39, 0.29) is 35.1 Å². The number of Topliss-reactive ketones (excluding diaryl/α,β-unsaturated/α-hetero) is 1. The van der Waals surface area contributed by atoms with Crippen molar-refractivity contribution in [1.29, 1.82) is 0 Å². The zero-order chi connectivity index (χ0) is 25.8. The Morgan fingerprint density at radius 3 is 2.51 bits per heavy atom. The highest BCUT2D eigenvalue weighted by molar-refractivity contribution is 6.03. The zero-order valence-electron chi connectivity index (χ0n) is 22.6. The monoisotopic (exact) mass is 484 g/mol. The molecule has 1 aliphatic heterocycles. The molecule has 1 spiro atoms. The summed E-state index contributed by atoms with van der Waals surface area (Å²) in [5.41, 5.74) is -0.583. The summed E-state index contributed by atoms with van der Waals surface area (Å²) in [6, 6.07) is 0. The quantitative estimate of drug-likeness (QED) is 0.191. The summed E-state index contributed by atoms with van der Waals surface area (Å²) in [5.74, 6) is 1.60. The van der Waals surface area contributed by atoms with Crippen LogP contribution in [0.3, 0.4) is 0 Å². The summed E-state index contributed by atoms with van der Waals surface area (Å²) in [4.78, 5) is 38.3. The molecule has 3 aliphatic carbocycles. The standard InChI is InChI=1S/C30H44O5/c1-18(2)19(3)8-9-20(4)23-10-11-24(28(23,5)14-15-31)22-16-25-30(35-25)17-21(27(33)34-7)12-13-29(30,6)26(22)32/h8-9,15-16,18-21,23-25H,10-14,17H2,1-7H3/b9-8+/t19-,20+,21-,23+,24-,25-,28+,29+,30-/m0/s1. The van der Waals surface area contributed by atoms with Crippen LogP contribution in [0.25, 0.3) is 0 Å². The van der Waals surface area contributed by atoms with Crippen molar-refractivity contribution >= 4 is 18.0 Å². The summed E-state index contributed by atoms with van der Waals surface area (Å²) in [5, 5.41) is 0. The zero-order valence-corrected chi connectivity index (χ0v) is 22.6. The van der Waals surface area contributed by atoms with E-state index in [1.54, 1.807) is 0 Å². The number of hydrogen-bond donors (Lipinski definition) is 0. The number of esters is 1.